The number of likely N-dealkylation sites (tertiary alicyclic amines) is 1. The molecular weight excluding hydrogens is 458 g/mol. The minimum absolute atomic E-state index is 0.163. The second-order valence-electron chi connectivity index (χ2n) is 9.20. The number of benzene rings is 2. The van der Waals surface area contributed by atoms with E-state index in [-0.39, 0.29) is 17.7 Å². The van der Waals surface area contributed by atoms with Gasteiger partial charge in [-0.3, -0.25) is 9.59 Å². The molecule has 1 aliphatic heterocycles. The molecule has 4 rings (SSSR count). The van der Waals surface area contributed by atoms with E-state index in [9.17, 15) is 14.7 Å². The molecule has 0 saturated carbocycles. The highest BCUT2D eigenvalue weighted by Gasteiger charge is 2.29. The third-order valence-electron chi connectivity index (χ3n) is 6.53. The monoisotopic (exact) mass is 491 g/mol. The highest BCUT2D eigenvalue weighted by atomic mass is 32.1. The molecule has 1 aliphatic rings. The van der Waals surface area contributed by atoms with Gasteiger partial charge in [-0.25, -0.2) is 4.98 Å². The molecule has 35 heavy (non-hydrogen) atoms. The second kappa shape index (κ2) is 11.6. The van der Waals surface area contributed by atoms with Crippen LogP contribution in [0.2, 0.25) is 0 Å². The van der Waals surface area contributed by atoms with E-state index in [2.05, 4.69) is 16.4 Å². The van der Waals surface area contributed by atoms with Gasteiger partial charge in [-0.2, -0.15) is 0 Å². The molecule has 2 N–H and O–H groups in total. The fourth-order valence-electron chi connectivity index (χ4n) is 4.47. The minimum atomic E-state index is -0.899. The number of aliphatic hydroxyl groups excluding tert-OH is 1. The van der Waals surface area contributed by atoms with Crippen LogP contribution in [0.5, 0.6) is 0 Å². The fourth-order valence-corrected chi connectivity index (χ4v) is 5.44. The van der Waals surface area contributed by atoms with Crippen LogP contribution in [0.3, 0.4) is 0 Å². The van der Waals surface area contributed by atoms with Crippen molar-refractivity contribution in [2.24, 2.45) is 0 Å². The molecule has 1 atom stereocenters. The van der Waals surface area contributed by atoms with Crippen molar-refractivity contribution in [1.29, 1.82) is 0 Å². The summed E-state index contributed by atoms with van der Waals surface area (Å²) < 4.78 is 0. The number of carbonyl (C=O) groups excluding carboxylic acids is 2. The molecule has 2 aromatic carbocycles. The maximum absolute atomic E-state index is 13.0. The first kappa shape index (κ1) is 25.1. The molecule has 2 amide bonds. The van der Waals surface area contributed by atoms with Gasteiger partial charge < -0.3 is 15.3 Å². The summed E-state index contributed by atoms with van der Waals surface area (Å²) in [6.45, 7) is 5.30. The predicted octanol–water partition coefficient (Wildman–Crippen LogP) is 5.63. The van der Waals surface area contributed by atoms with Gasteiger partial charge >= 0.3 is 0 Å². The fraction of sp³-hybridized carbons (Fsp3) is 0.393. The lowest BCUT2D eigenvalue weighted by Crippen LogP contribution is -2.43. The molecule has 184 valence electrons. The number of aryl methyl sites for hydroxylation is 1. The zero-order valence-corrected chi connectivity index (χ0v) is 21.2. The summed E-state index contributed by atoms with van der Waals surface area (Å²) in [7, 11) is 0. The molecule has 1 unspecified atom stereocenters. The normalized spacial score (nSPS) is 15.1. The van der Waals surface area contributed by atoms with Crippen LogP contribution in [0.15, 0.2) is 53.9 Å². The lowest BCUT2D eigenvalue weighted by molar-refractivity contribution is -0.141. The van der Waals surface area contributed by atoms with Crippen LogP contribution in [0, 0.1) is 6.92 Å². The number of piperidine rings is 1. The Morgan fingerprint density at radius 2 is 1.91 bits per heavy atom. The Balaban J connectivity index is 1.39. The van der Waals surface area contributed by atoms with Gasteiger partial charge in [0.25, 0.3) is 11.8 Å². The summed E-state index contributed by atoms with van der Waals surface area (Å²) in [4.78, 5) is 31.9. The van der Waals surface area contributed by atoms with Crippen molar-refractivity contribution in [2.75, 3.05) is 18.4 Å². The van der Waals surface area contributed by atoms with E-state index in [0.29, 0.717) is 25.2 Å². The quantitative estimate of drug-likeness (QED) is 0.428. The van der Waals surface area contributed by atoms with Gasteiger partial charge in [0.1, 0.15) is 11.8 Å². The summed E-state index contributed by atoms with van der Waals surface area (Å²) in [5.74, 6) is -0.166. The number of hydrogen-bond donors (Lipinski definition) is 2. The molecule has 7 heteroatoms. The maximum atomic E-state index is 13.0. The number of nitrogens with zero attached hydrogens (tertiary/aromatic N) is 2. The smallest absolute Gasteiger partial charge is 0.275 e. The second-order valence-corrected chi connectivity index (χ2v) is 10.1. The first-order valence-electron chi connectivity index (χ1n) is 12.4. The van der Waals surface area contributed by atoms with Crippen LogP contribution in [-0.4, -0.2) is 46.0 Å². The SMILES string of the molecule is CCCCC(O)C(=O)N1CCC(c2nc(C(=O)Nc3ccc(C)cc3-c3ccccc3)cs2)CC1. The van der Waals surface area contributed by atoms with Gasteiger partial charge in [0, 0.05) is 35.6 Å². The van der Waals surface area contributed by atoms with Crippen molar-refractivity contribution in [1.82, 2.24) is 9.88 Å². The molecule has 1 saturated heterocycles. The Hall–Kier alpha value is -3.03. The predicted molar refractivity (Wildman–Crippen MR) is 141 cm³/mol. The van der Waals surface area contributed by atoms with Gasteiger partial charge in [-0.05, 0) is 43.9 Å². The number of nitrogens with one attached hydrogen (secondary N) is 1. The Kier molecular flexibility index (Phi) is 8.31. The number of aliphatic hydroxyl groups is 1. The van der Waals surface area contributed by atoms with Crippen molar-refractivity contribution < 1.29 is 14.7 Å². The number of aromatic nitrogens is 1. The number of carbonyl (C=O) groups is 2. The Labute approximate surface area is 211 Å². The van der Waals surface area contributed by atoms with Crippen LogP contribution in [0.1, 0.15) is 66.0 Å². The van der Waals surface area contributed by atoms with Crippen molar-refractivity contribution in [3.8, 4) is 11.1 Å². The number of unbranched alkanes of at least 4 members (excludes halogenated alkanes) is 1. The standard InChI is InChI=1S/C28H33N3O3S/c1-3-4-10-25(32)28(34)31-15-13-21(14-16-31)27-30-24(18-35-27)26(33)29-23-12-11-19(2)17-22(23)20-8-6-5-7-9-20/h5-9,11-12,17-18,21,25,32H,3-4,10,13-16H2,1-2H3,(H,29,33). The van der Waals surface area contributed by atoms with Crippen LogP contribution in [0.4, 0.5) is 5.69 Å². The Bertz CT molecular complexity index is 1150. The van der Waals surface area contributed by atoms with Gasteiger partial charge in [-0.15, -0.1) is 11.3 Å². The zero-order valence-electron chi connectivity index (χ0n) is 20.4. The topological polar surface area (TPSA) is 82.5 Å². The highest BCUT2D eigenvalue weighted by Crippen LogP contribution is 2.32. The van der Waals surface area contributed by atoms with Gasteiger partial charge in [0.2, 0.25) is 0 Å². The zero-order chi connectivity index (χ0) is 24.8. The van der Waals surface area contributed by atoms with E-state index >= 15 is 0 Å². The van der Waals surface area contributed by atoms with Gasteiger partial charge in [-0.1, -0.05) is 61.7 Å². The first-order chi connectivity index (χ1) is 17.0. The van der Waals surface area contributed by atoms with E-state index < -0.39 is 6.10 Å². The summed E-state index contributed by atoms with van der Waals surface area (Å²) in [6.07, 6.45) is 3.01. The van der Waals surface area contributed by atoms with Crippen LogP contribution in [-0.2, 0) is 4.79 Å². The highest BCUT2D eigenvalue weighted by molar-refractivity contribution is 7.10. The average molecular weight is 492 g/mol. The number of hydrogen-bond acceptors (Lipinski definition) is 5. The number of amides is 2. The third-order valence-corrected chi connectivity index (χ3v) is 7.54. The molecule has 6 nitrogen and oxygen atoms in total. The molecule has 3 aromatic rings. The van der Waals surface area contributed by atoms with Crippen molar-refractivity contribution in [3.05, 3.63) is 70.2 Å². The third kappa shape index (κ3) is 6.16. The summed E-state index contributed by atoms with van der Waals surface area (Å²) in [6, 6.07) is 16.0. The van der Waals surface area contributed by atoms with Crippen molar-refractivity contribution in [2.45, 2.75) is 58.0 Å². The molecule has 1 fully saturated rings. The molecule has 0 aliphatic carbocycles. The van der Waals surface area contributed by atoms with Gasteiger partial charge in [0.05, 0.1) is 5.01 Å². The van der Waals surface area contributed by atoms with Gasteiger partial charge in [0.15, 0.2) is 0 Å². The Morgan fingerprint density at radius 1 is 1.17 bits per heavy atom. The largest absolute Gasteiger partial charge is 0.383 e. The molecule has 1 aromatic heterocycles. The Morgan fingerprint density at radius 3 is 2.63 bits per heavy atom. The van der Waals surface area contributed by atoms with Crippen LogP contribution >= 0.6 is 11.3 Å². The van der Waals surface area contributed by atoms with E-state index in [1.165, 1.54) is 11.3 Å². The number of anilines is 1. The molecule has 0 radical (unpaired) electrons. The maximum Gasteiger partial charge on any atom is 0.275 e. The summed E-state index contributed by atoms with van der Waals surface area (Å²) in [5.41, 5.74) is 4.33. The van der Waals surface area contributed by atoms with Crippen molar-refractivity contribution >= 4 is 28.8 Å². The molecule has 2 heterocycles. The summed E-state index contributed by atoms with van der Waals surface area (Å²) >= 11 is 1.50. The first-order valence-corrected chi connectivity index (χ1v) is 13.2. The van der Waals surface area contributed by atoms with Crippen LogP contribution in [0.25, 0.3) is 11.1 Å². The van der Waals surface area contributed by atoms with Crippen molar-refractivity contribution in [3.63, 3.8) is 0 Å². The average Bonchev–Trinajstić information content (AvgIpc) is 3.39. The molecule has 0 bridgehead atoms. The minimum Gasteiger partial charge on any atom is -0.383 e. The lowest BCUT2D eigenvalue weighted by Gasteiger charge is -2.32. The number of rotatable bonds is 8. The summed E-state index contributed by atoms with van der Waals surface area (Å²) in [5, 5.41) is 15.9. The van der Waals surface area contributed by atoms with E-state index in [0.717, 1.165) is 53.1 Å². The van der Waals surface area contributed by atoms with E-state index in [4.69, 9.17) is 0 Å². The molecule has 0 spiro atoms. The lowest BCUT2D eigenvalue weighted by atomic mass is 9.97. The van der Waals surface area contributed by atoms with Crippen LogP contribution < -0.4 is 5.32 Å². The van der Waals surface area contributed by atoms with E-state index in [1.54, 1.807) is 4.90 Å². The number of thiazole rings is 1. The molecular formula is C28H33N3O3S. The van der Waals surface area contributed by atoms with E-state index in [1.807, 2.05) is 61.7 Å².